The number of carbonyl (C=O) groups excluding carboxylic acids is 3. The largest absolute Gasteiger partial charge is 0.494 e. The number of hydrazine groups is 1. The minimum Gasteiger partial charge on any atom is -0.494 e. The molecule has 0 saturated heterocycles. The number of carbonyl (C=O) groups is 3. The maximum absolute atomic E-state index is 13.2. The molecule has 23 heavy (non-hydrogen) atoms. The normalized spacial score (nSPS) is 9.70. The third-order valence-electron chi connectivity index (χ3n) is 2.59. The molecule has 0 aliphatic carbocycles. The van der Waals surface area contributed by atoms with Crippen LogP contribution in [0.1, 0.15) is 19.8 Å². The van der Waals surface area contributed by atoms with E-state index in [-0.39, 0.29) is 30.9 Å². The first kappa shape index (κ1) is 18.2. The van der Waals surface area contributed by atoms with Crippen LogP contribution in [0.2, 0.25) is 0 Å². The van der Waals surface area contributed by atoms with E-state index in [1.165, 1.54) is 19.2 Å². The van der Waals surface area contributed by atoms with Crippen LogP contribution in [-0.2, 0) is 14.3 Å². The molecule has 0 bridgehead atoms. The third-order valence-corrected chi connectivity index (χ3v) is 2.59. The van der Waals surface area contributed by atoms with Gasteiger partial charge in [-0.15, -0.1) is 0 Å². The van der Waals surface area contributed by atoms with Crippen molar-refractivity contribution >= 4 is 23.6 Å². The number of urea groups is 1. The number of nitrogens with one attached hydrogen (secondary N) is 3. The van der Waals surface area contributed by atoms with E-state index < -0.39 is 23.7 Å². The number of hydrogen-bond donors (Lipinski definition) is 3. The molecule has 0 aliphatic heterocycles. The minimum atomic E-state index is -0.733. The van der Waals surface area contributed by atoms with Crippen LogP contribution < -0.4 is 20.9 Å². The van der Waals surface area contributed by atoms with Gasteiger partial charge in [0.15, 0.2) is 11.6 Å². The molecule has 0 radical (unpaired) electrons. The van der Waals surface area contributed by atoms with Gasteiger partial charge in [-0.25, -0.2) is 14.6 Å². The highest BCUT2D eigenvalue weighted by Crippen LogP contribution is 2.21. The van der Waals surface area contributed by atoms with Gasteiger partial charge in [0.05, 0.1) is 20.1 Å². The Morgan fingerprint density at radius 3 is 2.57 bits per heavy atom. The summed E-state index contributed by atoms with van der Waals surface area (Å²) in [6.07, 6.45) is -0.207. The second-order valence-corrected chi connectivity index (χ2v) is 4.28. The maximum atomic E-state index is 13.2. The average Bonchev–Trinajstić information content (AvgIpc) is 2.53. The number of anilines is 1. The lowest BCUT2D eigenvalue weighted by Gasteiger charge is -2.10. The first-order valence-electron chi connectivity index (χ1n) is 6.81. The van der Waals surface area contributed by atoms with E-state index in [0.717, 1.165) is 6.07 Å². The quantitative estimate of drug-likeness (QED) is 0.540. The first-order valence-corrected chi connectivity index (χ1v) is 6.81. The molecule has 9 heteroatoms. The zero-order valence-corrected chi connectivity index (χ0v) is 12.8. The molecule has 0 aliphatic rings. The molecule has 3 N–H and O–H groups in total. The fourth-order valence-corrected chi connectivity index (χ4v) is 1.54. The molecule has 0 unspecified atom stereocenters. The maximum Gasteiger partial charge on any atom is 0.337 e. The van der Waals surface area contributed by atoms with Crippen LogP contribution in [0.15, 0.2) is 18.2 Å². The highest BCUT2D eigenvalue weighted by Gasteiger charge is 2.10. The predicted molar refractivity (Wildman–Crippen MR) is 79.1 cm³/mol. The molecule has 0 fully saturated rings. The van der Waals surface area contributed by atoms with E-state index in [1.54, 1.807) is 6.92 Å². The summed E-state index contributed by atoms with van der Waals surface area (Å²) in [4.78, 5) is 34.1. The summed E-state index contributed by atoms with van der Waals surface area (Å²) in [6, 6.07) is 3.02. The van der Waals surface area contributed by atoms with Gasteiger partial charge >= 0.3 is 12.0 Å². The Labute approximate surface area is 132 Å². The molecule has 3 amide bonds. The zero-order valence-electron chi connectivity index (χ0n) is 12.8. The van der Waals surface area contributed by atoms with Crippen molar-refractivity contribution in [3.63, 3.8) is 0 Å². The number of amides is 3. The Morgan fingerprint density at radius 1 is 1.17 bits per heavy atom. The van der Waals surface area contributed by atoms with Gasteiger partial charge in [0.1, 0.15) is 0 Å². The van der Waals surface area contributed by atoms with Gasteiger partial charge in [0.2, 0.25) is 5.91 Å². The number of esters is 1. The number of rotatable bonds is 6. The molecule has 126 valence electrons. The third kappa shape index (κ3) is 6.64. The Balaban J connectivity index is 2.36. The first-order chi connectivity index (χ1) is 11.0. The molecule has 0 heterocycles. The summed E-state index contributed by atoms with van der Waals surface area (Å²) in [5.74, 6) is -1.64. The Hall–Kier alpha value is -2.84. The van der Waals surface area contributed by atoms with E-state index >= 15 is 0 Å². The molecule has 0 atom stereocenters. The highest BCUT2D eigenvalue weighted by molar-refractivity contribution is 5.91. The molecule has 1 aromatic rings. The standard InChI is InChI=1S/C14H18FN3O5/c1-3-23-13(20)7-6-12(19)17-18-14(21)16-9-4-5-10(15)11(8-9)22-2/h4-5,8H,3,6-7H2,1-2H3,(H,17,19)(H2,16,18,21). The average molecular weight is 327 g/mol. The molecule has 1 rings (SSSR count). The van der Waals surface area contributed by atoms with Crippen LogP contribution in [0.4, 0.5) is 14.9 Å². The van der Waals surface area contributed by atoms with Crippen LogP contribution in [0, 0.1) is 5.82 Å². The lowest BCUT2D eigenvalue weighted by atomic mass is 10.3. The molecular weight excluding hydrogens is 309 g/mol. The lowest BCUT2D eigenvalue weighted by Crippen LogP contribution is -2.44. The zero-order chi connectivity index (χ0) is 17.2. The van der Waals surface area contributed by atoms with Gasteiger partial charge in [-0.2, -0.15) is 0 Å². The van der Waals surface area contributed by atoms with Crippen molar-refractivity contribution in [2.75, 3.05) is 19.0 Å². The fourth-order valence-electron chi connectivity index (χ4n) is 1.54. The minimum absolute atomic E-state index is 0.0266. The Morgan fingerprint density at radius 2 is 1.91 bits per heavy atom. The molecule has 0 aromatic heterocycles. The van der Waals surface area contributed by atoms with E-state index in [0.29, 0.717) is 0 Å². The number of benzene rings is 1. The van der Waals surface area contributed by atoms with Crippen molar-refractivity contribution in [1.29, 1.82) is 0 Å². The SMILES string of the molecule is CCOC(=O)CCC(=O)NNC(=O)Nc1ccc(F)c(OC)c1. The second-order valence-electron chi connectivity index (χ2n) is 4.28. The summed E-state index contributed by atoms with van der Waals surface area (Å²) in [5.41, 5.74) is 4.51. The number of methoxy groups -OCH3 is 1. The van der Waals surface area contributed by atoms with Gasteiger partial charge in [-0.1, -0.05) is 0 Å². The van der Waals surface area contributed by atoms with Crippen LogP contribution in [0.3, 0.4) is 0 Å². The van der Waals surface area contributed by atoms with Crippen LogP contribution in [-0.4, -0.2) is 31.6 Å². The number of ether oxygens (including phenoxy) is 2. The molecule has 0 saturated carbocycles. The summed E-state index contributed by atoms with van der Waals surface area (Å²) in [5, 5.41) is 2.38. The molecule has 8 nitrogen and oxygen atoms in total. The highest BCUT2D eigenvalue weighted by atomic mass is 19.1. The lowest BCUT2D eigenvalue weighted by molar-refractivity contribution is -0.144. The Kier molecular flexibility index (Phi) is 7.31. The Bertz CT molecular complexity index is 580. The van der Waals surface area contributed by atoms with Crippen molar-refractivity contribution in [1.82, 2.24) is 10.9 Å². The van der Waals surface area contributed by atoms with E-state index in [4.69, 9.17) is 4.74 Å². The monoisotopic (exact) mass is 327 g/mol. The smallest absolute Gasteiger partial charge is 0.337 e. The van der Waals surface area contributed by atoms with E-state index in [1.807, 2.05) is 0 Å². The van der Waals surface area contributed by atoms with Crippen molar-refractivity contribution in [3.05, 3.63) is 24.0 Å². The molecule has 1 aromatic carbocycles. The van der Waals surface area contributed by atoms with Gasteiger partial charge < -0.3 is 14.8 Å². The second kappa shape index (κ2) is 9.23. The van der Waals surface area contributed by atoms with Crippen molar-refractivity contribution in [3.8, 4) is 5.75 Å². The number of hydrogen-bond acceptors (Lipinski definition) is 5. The van der Waals surface area contributed by atoms with E-state index in [2.05, 4.69) is 20.9 Å². The van der Waals surface area contributed by atoms with Crippen LogP contribution in [0.5, 0.6) is 5.75 Å². The summed E-state index contributed by atoms with van der Waals surface area (Å²) in [6.45, 7) is 1.90. The predicted octanol–water partition coefficient (Wildman–Crippen LogP) is 1.33. The summed E-state index contributed by atoms with van der Waals surface area (Å²) in [7, 11) is 1.30. The summed E-state index contributed by atoms with van der Waals surface area (Å²) >= 11 is 0. The van der Waals surface area contributed by atoms with E-state index in [9.17, 15) is 18.8 Å². The summed E-state index contributed by atoms with van der Waals surface area (Å²) < 4.78 is 22.7. The van der Waals surface area contributed by atoms with Gasteiger partial charge in [0.25, 0.3) is 0 Å². The molecule has 0 spiro atoms. The van der Waals surface area contributed by atoms with Crippen molar-refractivity contribution in [2.24, 2.45) is 0 Å². The van der Waals surface area contributed by atoms with Gasteiger partial charge in [0, 0.05) is 18.2 Å². The van der Waals surface area contributed by atoms with Crippen molar-refractivity contribution < 1.29 is 28.2 Å². The van der Waals surface area contributed by atoms with Crippen LogP contribution in [0.25, 0.3) is 0 Å². The molecular formula is C14H18FN3O5. The topological polar surface area (TPSA) is 106 Å². The van der Waals surface area contributed by atoms with Gasteiger partial charge in [-0.3, -0.25) is 15.0 Å². The number of halogens is 1. The van der Waals surface area contributed by atoms with Gasteiger partial charge in [-0.05, 0) is 19.1 Å². The van der Waals surface area contributed by atoms with Crippen LogP contribution >= 0.6 is 0 Å². The van der Waals surface area contributed by atoms with Crippen molar-refractivity contribution in [2.45, 2.75) is 19.8 Å². The fraction of sp³-hybridized carbons (Fsp3) is 0.357.